The first-order valence-corrected chi connectivity index (χ1v) is 4.14. The zero-order valence-corrected chi connectivity index (χ0v) is 8.53. The van der Waals surface area contributed by atoms with Gasteiger partial charge in [-0.05, 0) is 6.07 Å². The quantitative estimate of drug-likeness (QED) is 0.704. The highest BCUT2D eigenvalue weighted by molar-refractivity contribution is 5.52. The van der Waals surface area contributed by atoms with Crippen molar-refractivity contribution in [1.82, 2.24) is 4.48 Å². The van der Waals surface area contributed by atoms with E-state index in [-0.39, 0.29) is 5.75 Å². The van der Waals surface area contributed by atoms with Crippen molar-refractivity contribution >= 4 is 5.69 Å². The number of phenols is 1. The van der Waals surface area contributed by atoms with E-state index in [0.717, 1.165) is 5.69 Å². The lowest BCUT2D eigenvalue weighted by Crippen LogP contribution is -2.34. The summed E-state index contributed by atoms with van der Waals surface area (Å²) in [4.78, 5) is 0. The fourth-order valence-corrected chi connectivity index (χ4v) is 1.10. The Labute approximate surface area is 78.8 Å². The normalized spacial score (nSPS) is 11.4. The Morgan fingerprint density at radius 2 is 1.85 bits per heavy atom. The van der Waals surface area contributed by atoms with Gasteiger partial charge in [0, 0.05) is 12.1 Å². The molecule has 0 unspecified atom stereocenters. The second-order valence-corrected chi connectivity index (χ2v) is 3.87. The SMILES string of the molecule is COc1ccc([N+](C)(C)C)cc1O. The number of methoxy groups -OCH3 is 1. The lowest BCUT2D eigenvalue weighted by molar-refractivity contribution is 0.371. The van der Waals surface area contributed by atoms with Gasteiger partial charge in [-0.25, -0.2) is 0 Å². The van der Waals surface area contributed by atoms with Gasteiger partial charge >= 0.3 is 0 Å². The number of hydrogen-bond donors (Lipinski definition) is 1. The molecule has 0 aliphatic rings. The standard InChI is InChI=1S/C10H15NO2/c1-11(2,3)8-5-6-10(13-4)9(12)7-8/h5-7H,1-4H3/p+1. The predicted molar refractivity (Wildman–Crippen MR) is 54.2 cm³/mol. The highest BCUT2D eigenvalue weighted by atomic mass is 16.5. The van der Waals surface area contributed by atoms with Crippen LogP contribution in [0.2, 0.25) is 0 Å². The largest absolute Gasteiger partial charge is 0.504 e. The van der Waals surface area contributed by atoms with Crippen molar-refractivity contribution in [2.45, 2.75) is 0 Å². The molecule has 0 spiro atoms. The van der Waals surface area contributed by atoms with Gasteiger partial charge in [-0.1, -0.05) is 0 Å². The van der Waals surface area contributed by atoms with Crippen LogP contribution in [0, 0.1) is 0 Å². The Morgan fingerprint density at radius 1 is 1.23 bits per heavy atom. The van der Waals surface area contributed by atoms with Crippen molar-refractivity contribution in [3.8, 4) is 11.5 Å². The molecule has 72 valence electrons. The van der Waals surface area contributed by atoms with Crippen LogP contribution in [0.15, 0.2) is 18.2 Å². The van der Waals surface area contributed by atoms with E-state index >= 15 is 0 Å². The van der Waals surface area contributed by atoms with E-state index < -0.39 is 0 Å². The molecule has 0 heterocycles. The number of benzene rings is 1. The monoisotopic (exact) mass is 182 g/mol. The predicted octanol–water partition coefficient (Wildman–Crippen LogP) is 1.60. The molecule has 0 atom stereocenters. The molecule has 1 aromatic rings. The van der Waals surface area contributed by atoms with Crippen LogP contribution >= 0.6 is 0 Å². The topological polar surface area (TPSA) is 29.5 Å². The Bertz CT molecular complexity index is 302. The Balaban J connectivity index is 3.10. The summed E-state index contributed by atoms with van der Waals surface area (Å²) >= 11 is 0. The van der Waals surface area contributed by atoms with E-state index in [1.54, 1.807) is 19.2 Å². The van der Waals surface area contributed by atoms with Gasteiger partial charge in [0.25, 0.3) is 0 Å². The molecule has 1 rings (SSSR count). The van der Waals surface area contributed by atoms with Gasteiger partial charge in [0.05, 0.1) is 28.3 Å². The molecule has 0 amide bonds. The van der Waals surface area contributed by atoms with Crippen molar-refractivity contribution in [3.05, 3.63) is 18.2 Å². The summed E-state index contributed by atoms with van der Waals surface area (Å²) in [5.74, 6) is 0.699. The third-order valence-corrected chi connectivity index (χ3v) is 1.94. The van der Waals surface area contributed by atoms with Crippen LogP contribution in [0.25, 0.3) is 0 Å². The van der Waals surface area contributed by atoms with Gasteiger partial charge in [0.2, 0.25) is 0 Å². The molecule has 0 aromatic heterocycles. The van der Waals surface area contributed by atoms with E-state index in [0.29, 0.717) is 10.2 Å². The lowest BCUT2D eigenvalue weighted by Gasteiger charge is -2.23. The summed E-state index contributed by atoms with van der Waals surface area (Å²) in [5, 5.41) is 9.52. The summed E-state index contributed by atoms with van der Waals surface area (Å²) in [6, 6.07) is 5.44. The summed E-state index contributed by atoms with van der Waals surface area (Å²) in [6.07, 6.45) is 0. The number of aromatic hydroxyl groups is 1. The Hall–Kier alpha value is -1.22. The third kappa shape index (κ3) is 2.12. The minimum atomic E-state index is 0.188. The maximum absolute atomic E-state index is 9.52. The molecule has 0 aliphatic heterocycles. The van der Waals surface area contributed by atoms with E-state index in [9.17, 15) is 5.11 Å². The summed E-state index contributed by atoms with van der Waals surface area (Å²) in [5.41, 5.74) is 1.04. The Morgan fingerprint density at radius 3 is 2.23 bits per heavy atom. The zero-order valence-electron chi connectivity index (χ0n) is 8.53. The second-order valence-electron chi connectivity index (χ2n) is 3.87. The fourth-order valence-electron chi connectivity index (χ4n) is 1.10. The van der Waals surface area contributed by atoms with Crippen LogP contribution in [0.1, 0.15) is 0 Å². The molecule has 3 nitrogen and oxygen atoms in total. The highest BCUT2D eigenvalue weighted by Crippen LogP contribution is 2.31. The molecule has 3 heteroatoms. The number of hydrogen-bond acceptors (Lipinski definition) is 2. The molecule has 0 bridgehead atoms. The minimum absolute atomic E-state index is 0.188. The average Bonchev–Trinajstić information content (AvgIpc) is 2.02. The molecular formula is C10H16NO2+. The number of quaternary nitrogens is 1. The van der Waals surface area contributed by atoms with Crippen molar-refractivity contribution in [1.29, 1.82) is 0 Å². The first-order valence-electron chi connectivity index (χ1n) is 4.14. The van der Waals surface area contributed by atoms with Gasteiger partial charge in [0.15, 0.2) is 11.5 Å². The van der Waals surface area contributed by atoms with Gasteiger partial charge in [-0.2, -0.15) is 0 Å². The number of rotatable bonds is 2. The molecule has 1 N–H and O–H groups in total. The smallest absolute Gasteiger partial charge is 0.163 e. The van der Waals surface area contributed by atoms with E-state index in [1.807, 2.05) is 27.2 Å². The molecule has 0 radical (unpaired) electrons. The van der Waals surface area contributed by atoms with Gasteiger partial charge in [0.1, 0.15) is 5.69 Å². The van der Waals surface area contributed by atoms with Crippen LogP contribution in [-0.2, 0) is 0 Å². The molecule has 13 heavy (non-hydrogen) atoms. The lowest BCUT2D eigenvalue weighted by atomic mass is 10.2. The Kier molecular flexibility index (Phi) is 2.48. The number of nitrogens with zero attached hydrogens (tertiary/aromatic N) is 1. The highest BCUT2D eigenvalue weighted by Gasteiger charge is 2.14. The van der Waals surface area contributed by atoms with Crippen LogP contribution in [0.5, 0.6) is 11.5 Å². The van der Waals surface area contributed by atoms with Crippen molar-refractivity contribution in [3.63, 3.8) is 0 Å². The molecule has 0 fully saturated rings. The average molecular weight is 182 g/mol. The van der Waals surface area contributed by atoms with Gasteiger partial charge in [-0.3, -0.25) is 4.48 Å². The zero-order chi connectivity index (χ0) is 10.1. The molecule has 0 aliphatic carbocycles. The van der Waals surface area contributed by atoms with Crippen molar-refractivity contribution in [2.75, 3.05) is 28.3 Å². The summed E-state index contributed by atoms with van der Waals surface area (Å²) < 4.78 is 5.63. The third-order valence-electron chi connectivity index (χ3n) is 1.94. The molecular weight excluding hydrogens is 166 g/mol. The summed E-state index contributed by atoms with van der Waals surface area (Å²) in [6.45, 7) is 0. The first-order chi connectivity index (χ1) is 5.95. The van der Waals surface area contributed by atoms with E-state index in [1.165, 1.54) is 0 Å². The maximum Gasteiger partial charge on any atom is 0.163 e. The second kappa shape index (κ2) is 3.26. The van der Waals surface area contributed by atoms with Crippen LogP contribution in [0.4, 0.5) is 5.69 Å². The van der Waals surface area contributed by atoms with Crippen molar-refractivity contribution < 1.29 is 9.84 Å². The number of ether oxygens (including phenoxy) is 1. The molecule has 1 aromatic carbocycles. The first kappa shape index (κ1) is 9.86. The van der Waals surface area contributed by atoms with Crippen LogP contribution in [-0.4, -0.2) is 33.4 Å². The number of phenolic OH excluding ortho intramolecular Hbond substituents is 1. The minimum Gasteiger partial charge on any atom is -0.504 e. The van der Waals surface area contributed by atoms with E-state index in [2.05, 4.69) is 0 Å². The van der Waals surface area contributed by atoms with Crippen molar-refractivity contribution in [2.24, 2.45) is 0 Å². The van der Waals surface area contributed by atoms with Crippen LogP contribution in [0.3, 0.4) is 0 Å². The maximum atomic E-state index is 9.52. The van der Waals surface area contributed by atoms with Crippen LogP contribution < -0.4 is 9.22 Å². The molecule has 0 saturated heterocycles. The molecule has 0 saturated carbocycles. The van der Waals surface area contributed by atoms with Gasteiger partial charge < -0.3 is 9.84 Å². The summed E-state index contributed by atoms with van der Waals surface area (Å²) in [7, 11) is 7.67. The fraction of sp³-hybridized carbons (Fsp3) is 0.400. The van der Waals surface area contributed by atoms with E-state index in [4.69, 9.17) is 4.74 Å². The van der Waals surface area contributed by atoms with Gasteiger partial charge in [-0.15, -0.1) is 0 Å².